The van der Waals surface area contributed by atoms with Crippen molar-refractivity contribution < 1.29 is 45.8 Å². The molecule has 0 saturated carbocycles. The zero-order chi connectivity index (χ0) is 34.4. The summed E-state index contributed by atoms with van der Waals surface area (Å²) < 4.78 is 80.6. The Morgan fingerprint density at radius 3 is 1.89 bits per heavy atom. The molecule has 244 valence electrons. The van der Waals surface area contributed by atoms with Gasteiger partial charge in [0.15, 0.2) is 5.78 Å². The van der Waals surface area contributed by atoms with Crippen LogP contribution >= 0.6 is 23.2 Å². The molecule has 47 heavy (non-hydrogen) atoms. The molecule has 1 amide bonds. The molecule has 0 saturated heterocycles. The molecule has 0 bridgehead atoms. The summed E-state index contributed by atoms with van der Waals surface area (Å²) in [7, 11) is 0. The molecule has 2 N–H and O–H groups in total. The van der Waals surface area contributed by atoms with Crippen molar-refractivity contribution in [3.63, 3.8) is 0 Å². The number of hydrogen-bond donors (Lipinski definition) is 2. The predicted molar refractivity (Wildman–Crippen MR) is 164 cm³/mol. The van der Waals surface area contributed by atoms with Gasteiger partial charge in [0.2, 0.25) is 5.91 Å². The number of carbonyl (C=O) groups is 3. The van der Waals surface area contributed by atoms with Crippen molar-refractivity contribution in [2.75, 3.05) is 0 Å². The highest BCUT2D eigenvalue weighted by Crippen LogP contribution is 2.37. The van der Waals surface area contributed by atoms with Crippen LogP contribution in [0.2, 0.25) is 10.0 Å². The van der Waals surface area contributed by atoms with E-state index in [9.17, 15) is 40.7 Å². The van der Waals surface area contributed by atoms with Crippen LogP contribution in [0.3, 0.4) is 0 Å². The SMILES string of the molecule is O=C(O)CCC(C(=O)c1ccc(F)cc1)c1cc(F)cc(F)c1Cl.O=C1CCC(c2cc(F)cc(F)c2Cl)=C(c2ccc(F)cc2)N1. The Bertz CT molecular complexity index is 1860. The minimum atomic E-state index is -1.17. The third kappa shape index (κ3) is 8.81. The van der Waals surface area contributed by atoms with Crippen LogP contribution in [0.5, 0.6) is 0 Å². The summed E-state index contributed by atoms with van der Waals surface area (Å²) in [6.07, 6.45) is -0.143. The number of hydrogen-bond acceptors (Lipinski definition) is 3. The first-order chi connectivity index (χ1) is 22.2. The second-order valence-electron chi connectivity index (χ2n) is 10.3. The van der Waals surface area contributed by atoms with Gasteiger partial charge in [-0.25, -0.2) is 26.3 Å². The summed E-state index contributed by atoms with van der Waals surface area (Å²) in [5.41, 5.74) is 1.57. The van der Waals surface area contributed by atoms with E-state index in [2.05, 4.69) is 5.32 Å². The predicted octanol–water partition coefficient (Wildman–Crippen LogP) is 9.12. The molecule has 1 unspecified atom stereocenters. The van der Waals surface area contributed by atoms with E-state index in [0.717, 1.165) is 24.3 Å². The molecular weight excluding hydrogens is 671 g/mol. The van der Waals surface area contributed by atoms with Gasteiger partial charge in [0.1, 0.15) is 34.9 Å². The van der Waals surface area contributed by atoms with Crippen molar-refractivity contribution in [3.05, 3.63) is 140 Å². The van der Waals surface area contributed by atoms with Crippen LogP contribution in [0.4, 0.5) is 26.3 Å². The van der Waals surface area contributed by atoms with E-state index in [1.54, 1.807) is 0 Å². The third-order valence-electron chi connectivity index (χ3n) is 7.11. The minimum absolute atomic E-state index is 0.0903. The Morgan fingerprint density at radius 1 is 0.745 bits per heavy atom. The molecule has 4 aromatic carbocycles. The van der Waals surface area contributed by atoms with Crippen LogP contribution in [-0.2, 0) is 9.59 Å². The highest BCUT2D eigenvalue weighted by Gasteiger charge is 2.27. The lowest BCUT2D eigenvalue weighted by atomic mass is 9.86. The molecule has 0 aromatic heterocycles. The smallest absolute Gasteiger partial charge is 0.303 e. The topological polar surface area (TPSA) is 83.5 Å². The summed E-state index contributed by atoms with van der Waals surface area (Å²) in [4.78, 5) is 35.1. The zero-order valence-corrected chi connectivity index (χ0v) is 25.5. The Balaban J connectivity index is 0.000000213. The number of nitrogens with one attached hydrogen (secondary N) is 1. The maximum absolute atomic E-state index is 13.7. The molecule has 1 heterocycles. The summed E-state index contributed by atoms with van der Waals surface area (Å²) in [6.45, 7) is 0. The van der Waals surface area contributed by atoms with Gasteiger partial charge in [-0.05, 0) is 90.2 Å². The van der Waals surface area contributed by atoms with Gasteiger partial charge in [-0.15, -0.1) is 0 Å². The standard InChI is InChI=1S/C17H11ClF3NO.C17H12ClF3O3/c18-16-13(7-11(20)8-14(16)21)12-5-6-15(23)22-17(12)9-1-3-10(19)4-2-9;18-16-13(7-11(20)8-14(16)21)12(5-6-15(22)23)17(24)9-1-3-10(19)4-2-9/h1-4,7-8H,5-6H2,(H,22,23);1-4,7-8,12H,5-6H2,(H,22,23). The Labute approximate surface area is 274 Å². The van der Waals surface area contributed by atoms with Crippen LogP contribution in [0.25, 0.3) is 11.3 Å². The first-order valence-electron chi connectivity index (χ1n) is 13.8. The summed E-state index contributed by atoms with van der Waals surface area (Å²) in [5.74, 6) is -7.72. The Kier molecular flexibility index (Phi) is 11.5. The van der Waals surface area contributed by atoms with E-state index in [0.29, 0.717) is 29.0 Å². The number of carboxylic acids is 1. The molecule has 4 aromatic rings. The molecule has 0 aliphatic carbocycles. The number of benzene rings is 4. The summed E-state index contributed by atoms with van der Waals surface area (Å²) in [5, 5.41) is 10.9. The maximum atomic E-state index is 13.7. The van der Waals surface area contributed by atoms with Gasteiger partial charge < -0.3 is 10.4 Å². The van der Waals surface area contributed by atoms with Crippen molar-refractivity contribution in [3.8, 4) is 0 Å². The van der Waals surface area contributed by atoms with E-state index in [4.69, 9.17) is 28.3 Å². The molecule has 5 nitrogen and oxygen atoms in total. The molecule has 1 aliphatic heterocycles. The Hall–Kier alpha value is -4.61. The van der Waals surface area contributed by atoms with E-state index < -0.39 is 64.0 Å². The molecule has 13 heteroatoms. The van der Waals surface area contributed by atoms with E-state index in [-0.39, 0.29) is 46.9 Å². The van der Waals surface area contributed by atoms with Crippen molar-refractivity contribution in [1.82, 2.24) is 5.32 Å². The van der Waals surface area contributed by atoms with Crippen LogP contribution in [0.1, 0.15) is 58.6 Å². The van der Waals surface area contributed by atoms with Crippen molar-refractivity contribution in [2.45, 2.75) is 31.6 Å². The number of Topliss-reactive ketones (excluding diaryl/α,β-unsaturated/α-hetero) is 1. The lowest BCUT2D eigenvalue weighted by molar-refractivity contribution is -0.137. The van der Waals surface area contributed by atoms with Gasteiger partial charge in [0.05, 0.1) is 15.7 Å². The second kappa shape index (κ2) is 15.3. The van der Waals surface area contributed by atoms with Gasteiger partial charge in [-0.3, -0.25) is 14.4 Å². The van der Waals surface area contributed by atoms with Crippen LogP contribution < -0.4 is 5.32 Å². The highest BCUT2D eigenvalue weighted by atomic mass is 35.5. The van der Waals surface area contributed by atoms with Crippen molar-refractivity contribution in [2.24, 2.45) is 0 Å². The molecule has 1 aliphatic rings. The average molecular weight is 694 g/mol. The molecular formula is C34H23Cl2F6NO4. The lowest BCUT2D eigenvalue weighted by Crippen LogP contribution is -2.26. The fourth-order valence-corrected chi connectivity index (χ4v) is 5.35. The number of ketones is 1. The van der Waals surface area contributed by atoms with Crippen LogP contribution in [0.15, 0.2) is 72.8 Å². The average Bonchev–Trinajstić information content (AvgIpc) is 3.02. The number of allylic oxidation sites excluding steroid dienone is 1. The van der Waals surface area contributed by atoms with E-state index in [1.807, 2.05) is 0 Å². The quantitative estimate of drug-likeness (QED) is 0.110. The van der Waals surface area contributed by atoms with Crippen molar-refractivity contribution >= 4 is 52.1 Å². The molecule has 0 spiro atoms. The van der Waals surface area contributed by atoms with Gasteiger partial charge in [0, 0.05) is 42.0 Å². The molecule has 0 radical (unpaired) electrons. The lowest BCUT2D eigenvalue weighted by Gasteiger charge is -2.22. The number of rotatable bonds is 8. The molecule has 5 rings (SSSR count). The van der Waals surface area contributed by atoms with Gasteiger partial charge >= 0.3 is 5.97 Å². The minimum Gasteiger partial charge on any atom is -0.481 e. The number of aliphatic carboxylic acids is 1. The molecule has 1 atom stereocenters. The first kappa shape index (κ1) is 35.2. The monoisotopic (exact) mass is 693 g/mol. The van der Waals surface area contributed by atoms with Crippen LogP contribution in [0, 0.1) is 34.9 Å². The fourth-order valence-electron chi connectivity index (χ4n) is 4.89. The Morgan fingerprint density at radius 2 is 1.30 bits per heavy atom. The normalized spacial score (nSPS) is 13.4. The second-order valence-corrected chi connectivity index (χ2v) is 11.1. The third-order valence-corrected chi connectivity index (χ3v) is 7.89. The fraction of sp³-hybridized carbons (Fsp3) is 0.147. The number of halogens is 8. The zero-order valence-electron chi connectivity index (χ0n) is 24.0. The van der Waals surface area contributed by atoms with E-state index >= 15 is 0 Å². The van der Waals surface area contributed by atoms with Crippen LogP contribution in [-0.4, -0.2) is 22.8 Å². The first-order valence-corrected chi connectivity index (χ1v) is 14.6. The number of carboxylic acid groups (broad SMARTS) is 1. The molecule has 0 fully saturated rings. The van der Waals surface area contributed by atoms with Gasteiger partial charge in [-0.1, -0.05) is 23.2 Å². The number of amides is 1. The number of carbonyl (C=O) groups excluding carboxylic acids is 2. The largest absolute Gasteiger partial charge is 0.481 e. The van der Waals surface area contributed by atoms with Crippen molar-refractivity contribution in [1.29, 1.82) is 0 Å². The highest BCUT2D eigenvalue weighted by molar-refractivity contribution is 6.33. The van der Waals surface area contributed by atoms with E-state index in [1.165, 1.54) is 36.4 Å². The summed E-state index contributed by atoms with van der Waals surface area (Å²) >= 11 is 11.8. The van der Waals surface area contributed by atoms with Gasteiger partial charge in [0.25, 0.3) is 0 Å². The maximum Gasteiger partial charge on any atom is 0.303 e. The van der Waals surface area contributed by atoms with Gasteiger partial charge in [-0.2, -0.15) is 0 Å². The summed E-state index contributed by atoms with van der Waals surface area (Å²) in [6, 6.07) is 13.3.